The van der Waals surface area contributed by atoms with Crippen molar-refractivity contribution < 1.29 is 0 Å². The summed E-state index contributed by atoms with van der Waals surface area (Å²) in [4.78, 5) is 19.8. The molecule has 8 heteroatoms. The van der Waals surface area contributed by atoms with Gasteiger partial charge in [-0.25, -0.2) is 9.97 Å². The normalized spacial score (nSPS) is 14.3. The number of hydrogen-bond donors (Lipinski definition) is 0. The Hall–Kier alpha value is -2.59. The van der Waals surface area contributed by atoms with Crippen LogP contribution in [0.5, 0.6) is 0 Å². The molecule has 0 aliphatic carbocycles. The van der Waals surface area contributed by atoms with Crippen LogP contribution >= 0.6 is 11.6 Å². The fourth-order valence-corrected chi connectivity index (χ4v) is 3.17. The number of nitriles is 1. The second-order valence-corrected chi connectivity index (χ2v) is 6.91. The summed E-state index contributed by atoms with van der Waals surface area (Å²) in [5.74, 6) is 2.33. The first kappa shape index (κ1) is 18.2. The van der Waals surface area contributed by atoms with Gasteiger partial charge in [-0.05, 0) is 25.5 Å². The Morgan fingerprint density at radius 3 is 2.38 bits per heavy atom. The quantitative estimate of drug-likeness (QED) is 0.820. The van der Waals surface area contributed by atoms with E-state index in [0.717, 1.165) is 55.0 Å². The smallest absolute Gasteiger partial charge is 0.227 e. The van der Waals surface area contributed by atoms with Crippen molar-refractivity contribution in [2.75, 3.05) is 55.0 Å². The van der Waals surface area contributed by atoms with Crippen LogP contribution < -0.4 is 14.7 Å². The minimum atomic E-state index is 0.555. The number of halogens is 1. The van der Waals surface area contributed by atoms with Gasteiger partial charge < -0.3 is 14.7 Å². The molecular weight excluding hydrogens is 350 g/mol. The molecule has 1 saturated heterocycles. The third-order valence-corrected chi connectivity index (χ3v) is 5.14. The maximum atomic E-state index is 9.55. The fraction of sp³-hybridized carbons (Fsp3) is 0.444. The minimum absolute atomic E-state index is 0.555. The molecule has 0 N–H and O–H groups in total. The van der Waals surface area contributed by atoms with E-state index >= 15 is 0 Å². The van der Waals surface area contributed by atoms with E-state index in [0.29, 0.717) is 10.6 Å². The SMILES string of the molecule is Cc1nc(N2CCN(c3nccc(N(C)C)n3)CC2)c(C#N)c(C)c1Cl. The highest BCUT2D eigenvalue weighted by Gasteiger charge is 2.24. The molecule has 1 fully saturated rings. The zero-order chi connectivity index (χ0) is 18.8. The predicted molar refractivity (Wildman–Crippen MR) is 104 cm³/mol. The molecule has 0 aromatic carbocycles. The number of hydrogen-bond acceptors (Lipinski definition) is 7. The lowest BCUT2D eigenvalue weighted by Crippen LogP contribution is -2.47. The second kappa shape index (κ2) is 7.34. The van der Waals surface area contributed by atoms with Crippen LogP contribution in [0.1, 0.15) is 16.8 Å². The third-order valence-electron chi connectivity index (χ3n) is 4.58. The average Bonchev–Trinajstić information content (AvgIpc) is 2.66. The minimum Gasteiger partial charge on any atom is -0.363 e. The van der Waals surface area contributed by atoms with Gasteiger partial charge in [-0.3, -0.25) is 0 Å². The Kier molecular flexibility index (Phi) is 5.14. The first-order valence-corrected chi connectivity index (χ1v) is 8.87. The van der Waals surface area contributed by atoms with Gasteiger partial charge in [0, 0.05) is 46.5 Å². The summed E-state index contributed by atoms with van der Waals surface area (Å²) in [7, 11) is 3.93. The number of aryl methyl sites for hydroxylation is 1. The molecule has 0 bridgehead atoms. The number of piperazine rings is 1. The Morgan fingerprint density at radius 1 is 1.12 bits per heavy atom. The van der Waals surface area contributed by atoms with Gasteiger partial charge in [-0.1, -0.05) is 11.6 Å². The molecule has 26 heavy (non-hydrogen) atoms. The van der Waals surface area contributed by atoms with Gasteiger partial charge in [0.25, 0.3) is 0 Å². The van der Waals surface area contributed by atoms with Gasteiger partial charge in [0.2, 0.25) is 5.95 Å². The van der Waals surface area contributed by atoms with Crippen LogP contribution in [0.2, 0.25) is 5.02 Å². The Morgan fingerprint density at radius 2 is 1.77 bits per heavy atom. The molecule has 0 radical (unpaired) electrons. The Bertz CT molecular complexity index is 851. The van der Waals surface area contributed by atoms with Crippen LogP contribution in [0.25, 0.3) is 0 Å². The number of anilines is 3. The Balaban J connectivity index is 1.79. The van der Waals surface area contributed by atoms with Gasteiger partial charge in [0.15, 0.2) is 0 Å². The van der Waals surface area contributed by atoms with E-state index in [9.17, 15) is 5.26 Å². The lowest BCUT2D eigenvalue weighted by Gasteiger charge is -2.36. The van der Waals surface area contributed by atoms with Crippen molar-refractivity contribution >= 4 is 29.2 Å². The monoisotopic (exact) mass is 371 g/mol. The van der Waals surface area contributed by atoms with Crippen molar-refractivity contribution in [1.82, 2.24) is 15.0 Å². The summed E-state index contributed by atoms with van der Waals surface area (Å²) in [6.07, 6.45) is 1.78. The van der Waals surface area contributed by atoms with Crippen molar-refractivity contribution in [2.24, 2.45) is 0 Å². The van der Waals surface area contributed by atoms with Crippen molar-refractivity contribution in [2.45, 2.75) is 13.8 Å². The number of nitrogens with zero attached hydrogens (tertiary/aromatic N) is 7. The first-order valence-electron chi connectivity index (χ1n) is 8.49. The predicted octanol–water partition coefficient (Wildman–Crippen LogP) is 2.41. The maximum Gasteiger partial charge on any atom is 0.227 e. The molecule has 1 aliphatic heterocycles. The highest BCUT2D eigenvalue weighted by molar-refractivity contribution is 6.32. The number of rotatable bonds is 3. The summed E-state index contributed by atoms with van der Waals surface area (Å²) < 4.78 is 0. The molecule has 0 atom stereocenters. The molecule has 3 rings (SSSR count). The van der Waals surface area contributed by atoms with Crippen LogP contribution in [0, 0.1) is 25.2 Å². The van der Waals surface area contributed by atoms with Crippen LogP contribution in [0.4, 0.5) is 17.6 Å². The van der Waals surface area contributed by atoms with E-state index in [1.54, 1.807) is 6.20 Å². The van der Waals surface area contributed by atoms with Crippen molar-refractivity contribution in [1.29, 1.82) is 5.26 Å². The van der Waals surface area contributed by atoms with Gasteiger partial charge in [-0.2, -0.15) is 10.2 Å². The van der Waals surface area contributed by atoms with Crippen molar-refractivity contribution in [3.63, 3.8) is 0 Å². The zero-order valence-electron chi connectivity index (χ0n) is 15.5. The van der Waals surface area contributed by atoms with Gasteiger partial charge in [0.1, 0.15) is 17.7 Å². The molecule has 0 saturated carbocycles. The third kappa shape index (κ3) is 3.37. The Labute approximate surface area is 158 Å². The van der Waals surface area contributed by atoms with E-state index in [-0.39, 0.29) is 0 Å². The van der Waals surface area contributed by atoms with Crippen LogP contribution in [-0.4, -0.2) is 55.2 Å². The van der Waals surface area contributed by atoms with Gasteiger partial charge in [-0.15, -0.1) is 0 Å². The maximum absolute atomic E-state index is 9.55. The molecule has 1 aliphatic rings. The average molecular weight is 372 g/mol. The molecular formula is C18H22ClN7. The molecule has 0 spiro atoms. The highest BCUT2D eigenvalue weighted by Crippen LogP contribution is 2.29. The lowest BCUT2D eigenvalue weighted by molar-refractivity contribution is 0.633. The lowest BCUT2D eigenvalue weighted by atomic mass is 10.1. The van der Waals surface area contributed by atoms with Crippen LogP contribution in [0.15, 0.2) is 12.3 Å². The molecule has 2 aromatic rings. The highest BCUT2D eigenvalue weighted by atomic mass is 35.5. The first-order chi connectivity index (χ1) is 12.4. The molecule has 0 amide bonds. The largest absolute Gasteiger partial charge is 0.363 e. The van der Waals surface area contributed by atoms with Crippen LogP contribution in [-0.2, 0) is 0 Å². The van der Waals surface area contributed by atoms with E-state index in [1.165, 1.54) is 0 Å². The zero-order valence-corrected chi connectivity index (χ0v) is 16.2. The summed E-state index contributed by atoms with van der Waals surface area (Å²) in [6, 6.07) is 4.15. The summed E-state index contributed by atoms with van der Waals surface area (Å²) in [5, 5.41) is 10.1. The van der Waals surface area contributed by atoms with E-state index in [4.69, 9.17) is 11.6 Å². The standard InChI is InChI=1S/C18H22ClN7/c1-12-14(11-20)17(22-13(2)16(12)19)25-7-9-26(10-8-25)18-21-6-5-15(23-18)24(3)4/h5-6H,7-10H2,1-4H3. The fourth-order valence-electron chi connectivity index (χ4n) is 3.03. The van der Waals surface area contributed by atoms with E-state index in [1.807, 2.05) is 38.9 Å². The molecule has 3 heterocycles. The second-order valence-electron chi connectivity index (χ2n) is 6.53. The molecule has 136 valence electrons. The van der Waals surface area contributed by atoms with Crippen LogP contribution in [0.3, 0.4) is 0 Å². The van der Waals surface area contributed by atoms with E-state index in [2.05, 4.69) is 30.8 Å². The molecule has 0 unspecified atom stereocenters. The number of pyridine rings is 1. The van der Waals surface area contributed by atoms with E-state index < -0.39 is 0 Å². The van der Waals surface area contributed by atoms with Crippen molar-refractivity contribution in [3.05, 3.63) is 34.1 Å². The topological polar surface area (TPSA) is 72.2 Å². The summed E-state index contributed by atoms with van der Waals surface area (Å²) >= 11 is 6.26. The summed E-state index contributed by atoms with van der Waals surface area (Å²) in [6.45, 7) is 6.77. The number of aromatic nitrogens is 3. The molecule has 2 aromatic heterocycles. The summed E-state index contributed by atoms with van der Waals surface area (Å²) in [5.41, 5.74) is 2.10. The molecule has 7 nitrogen and oxygen atoms in total. The van der Waals surface area contributed by atoms with Gasteiger partial charge >= 0.3 is 0 Å². The van der Waals surface area contributed by atoms with Gasteiger partial charge in [0.05, 0.1) is 16.3 Å². The van der Waals surface area contributed by atoms with Crippen molar-refractivity contribution in [3.8, 4) is 6.07 Å².